The van der Waals surface area contributed by atoms with Crippen LogP contribution in [0.15, 0.2) is 48.5 Å². The highest BCUT2D eigenvalue weighted by Crippen LogP contribution is 2.24. The summed E-state index contributed by atoms with van der Waals surface area (Å²) in [5, 5.41) is 3.05. The Morgan fingerprint density at radius 3 is 2.00 bits per heavy atom. The number of amides is 1. The minimum absolute atomic E-state index is 0.0397. The van der Waals surface area contributed by atoms with E-state index in [1.54, 1.807) is 0 Å². The van der Waals surface area contributed by atoms with Crippen LogP contribution in [0.5, 0.6) is 5.75 Å². The molecule has 3 heteroatoms. The highest BCUT2D eigenvalue weighted by atomic mass is 16.5. The molecule has 0 unspecified atom stereocenters. The fourth-order valence-corrected chi connectivity index (χ4v) is 2.44. The predicted molar refractivity (Wildman–Crippen MR) is 108 cm³/mol. The number of nitrogens with one attached hydrogen (secondary N) is 1. The lowest BCUT2D eigenvalue weighted by molar-refractivity contribution is 0.0911. The van der Waals surface area contributed by atoms with Gasteiger partial charge in [-0.15, -0.1) is 0 Å². The summed E-state index contributed by atoms with van der Waals surface area (Å²) in [4.78, 5) is 12.3. The van der Waals surface area contributed by atoms with Gasteiger partial charge in [0.1, 0.15) is 12.4 Å². The molecule has 0 aliphatic rings. The summed E-state index contributed by atoms with van der Waals surface area (Å²) in [5.74, 6) is 0.812. The molecule has 2 aromatic rings. The highest BCUT2D eigenvalue weighted by molar-refractivity contribution is 5.94. The van der Waals surface area contributed by atoms with Gasteiger partial charge in [0.15, 0.2) is 0 Å². The van der Waals surface area contributed by atoms with E-state index in [1.165, 1.54) is 5.56 Å². The zero-order chi connectivity index (χ0) is 19.4. The van der Waals surface area contributed by atoms with Gasteiger partial charge in [-0.3, -0.25) is 4.79 Å². The first-order valence-corrected chi connectivity index (χ1v) is 9.25. The monoisotopic (exact) mass is 353 g/mol. The molecule has 0 atom stereocenters. The van der Waals surface area contributed by atoms with Crippen molar-refractivity contribution in [1.82, 2.24) is 5.32 Å². The Kier molecular flexibility index (Phi) is 6.12. The molecule has 0 aromatic heterocycles. The van der Waals surface area contributed by atoms with Crippen LogP contribution < -0.4 is 10.1 Å². The molecule has 0 aliphatic carbocycles. The summed E-state index contributed by atoms with van der Waals surface area (Å²) in [5.41, 5.74) is 2.94. The molecular formula is C23H31NO2. The molecule has 3 nitrogen and oxygen atoms in total. The molecule has 1 amide bonds. The first-order chi connectivity index (χ1) is 12.1. The van der Waals surface area contributed by atoms with Gasteiger partial charge in [0, 0.05) is 11.1 Å². The molecule has 1 N–H and O–H groups in total. The summed E-state index contributed by atoms with van der Waals surface area (Å²) in [6.45, 7) is 13.2. The number of rotatable bonds is 6. The molecule has 26 heavy (non-hydrogen) atoms. The smallest absolute Gasteiger partial charge is 0.251 e. The van der Waals surface area contributed by atoms with E-state index in [-0.39, 0.29) is 16.9 Å². The second-order valence-electron chi connectivity index (χ2n) is 8.45. The Bertz CT molecular complexity index is 722. The maximum Gasteiger partial charge on any atom is 0.251 e. The van der Waals surface area contributed by atoms with Crippen molar-refractivity contribution in [2.45, 2.75) is 65.5 Å². The first kappa shape index (κ1) is 20.0. The van der Waals surface area contributed by atoms with E-state index < -0.39 is 0 Å². The Hall–Kier alpha value is -2.29. The van der Waals surface area contributed by atoms with Gasteiger partial charge in [-0.25, -0.2) is 0 Å². The standard InChI is InChI=1S/C23H31NO2/c1-7-23(5,6)24-21(25)18-10-8-17(9-11-18)16-26-20-14-12-19(13-15-20)22(2,3)4/h8-15H,7,16H2,1-6H3,(H,24,25). The van der Waals surface area contributed by atoms with Crippen molar-refractivity contribution in [3.63, 3.8) is 0 Å². The van der Waals surface area contributed by atoms with Crippen LogP contribution in [-0.4, -0.2) is 11.4 Å². The number of hydrogen-bond donors (Lipinski definition) is 1. The predicted octanol–water partition coefficient (Wildman–Crippen LogP) is 5.48. The van der Waals surface area contributed by atoms with Gasteiger partial charge in [0.05, 0.1) is 0 Å². The second-order valence-corrected chi connectivity index (χ2v) is 8.45. The van der Waals surface area contributed by atoms with Crippen LogP contribution in [0.1, 0.15) is 69.4 Å². The lowest BCUT2D eigenvalue weighted by Crippen LogP contribution is -2.42. The number of hydrogen-bond acceptors (Lipinski definition) is 2. The second kappa shape index (κ2) is 7.94. The Labute approximate surface area is 157 Å². The van der Waals surface area contributed by atoms with Gasteiger partial charge in [0.25, 0.3) is 5.91 Å². The maximum absolute atomic E-state index is 12.3. The number of benzene rings is 2. The van der Waals surface area contributed by atoms with Crippen molar-refractivity contribution in [3.8, 4) is 5.75 Å². The van der Waals surface area contributed by atoms with Crippen LogP contribution in [0.2, 0.25) is 0 Å². The van der Waals surface area contributed by atoms with E-state index in [9.17, 15) is 4.79 Å². The molecule has 0 aliphatic heterocycles. The fourth-order valence-electron chi connectivity index (χ4n) is 2.44. The molecule has 0 saturated carbocycles. The molecule has 0 bridgehead atoms. The van der Waals surface area contributed by atoms with Crippen LogP contribution in [0.25, 0.3) is 0 Å². The molecule has 0 heterocycles. The number of carbonyl (C=O) groups excluding carboxylic acids is 1. The third kappa shape index (κ3) is 5.62. The average molecular weight is 354 g/mol. The number of carbonyl (C=O) groups is 1. The van der Waals surface area contributed by atoms with Crippen molar-refractivity contribution in [3.05, 3.63) is 65.2 Å². The summed E-state index contributed by atoms with van der Waals surface area (Å²) in [6, 6.07) is 15.8. The molecule has 0 fully saturated rings. The lowest BCUT2D eigenvalue weighted by atomic mass is 9.87. The molecule has 0 saturated heterocycles. The normalized spacial score (nSPS) is 11.9. The van der Waals surface area contributed by atoms with Crippen molar-refractivity contribution in [2.24, 2.45) is 0 Å². The van der Waals surface area contributed by atoms with Gasteiger partial charge in [0.2, 0.25) is 0 Å². The van der Waals surface area contributed by atoms with Gasteiger partial charge < -0.3 is 10.1 Å². The van der Waals surface area contributed by atoms with E-state index in [0.717, 1.165) is 17.7 Å². The fraction of sp³-hybridized carbons (Fsp3) is 0.435. The van der Waals surface area contributed by atoms with Gasteiger partial charge in [-0.2, -0.15) is 0 Å². The molecule has 2 rings (SSSR count). The third-order valence-electron chi connectivity index (χ3n) is 4.68. The zero-order valence-electron chi connectivity index (χ0n) is 16.8. The Balaban J connectivity index is 1.94. The van der Waals surface area contributed by atoms with Crippen LogP contribution in [0.4, 0.5) is 0 Å². The molecular weight excluding hydrogens is 322 g/mol. The van der Waals surface area contributed by atoms with E-state index in [0.29, 0.717) is 12.2 Å². The minimum atomic E-state index is -0.196. The lowest BCUT2D eigenvalue weighted by Gasteiger charge is -2.24. The van der Waals surface area contributed by atoms with Crippen LogP contribution in [-0.2, 0) is 12.0 Å². The summed E-state index contributed by atoms with van der Waals surface area (Å²) in [6.07, 6.45) is 0.888. The van der Waals surface area contributed by atoms with Gasteiger partial charge >= 0.3 is 0 Å². The average Bonchev–Trinajstić information content (AvgIpc) is 2.59. The van der Waals surface area contributed by atoms with Gasteiger partial charge in [-0.1, -0.05) is 52.0 Å². The van der Waals surface area contributed by atoms with E-state index in [2.05, 4.69) is 45.1 Å². The largest absolute Gasteiger partial charge is 0.489 e. The Morgan fingerprint density at radius 1 is 0.923 bits per heavy atom. The summed E-state index contributed by atoms with van der Waals surface area (Å²) in [7, 11) is 0. The van der Waals surface area contributed by atoms with Crippen LogP contribution >= 0.6 is 0 Å². The van der Waals surface area contributed by atoms with Crippen LogP contribution in [0, 0.1) is 0 Å². The summed E-state index contributed by atoms with van der Waals surface area (Å²) < 4.78 is 5.86. The quantitative estimate of drug-likeness (QED) is 0.746. The molecule has 140 valence electrons. The minimum Gasteiger partial charge on any atom is -0.489 e. The van der Waals surface area contributed by atoms with Crippen molar-refractivity contribution in [2.75, 3.05) is 0 Å². The first-order valence-electron chi connectivity index (χ1n) is 9.25. The van der Waals surface area contributed by atoms with Crippen molar-refractivity contribution < 1.29 is 9.53 Å². The van der Waals surface area contributed by atoms with Crippen LogP contribution in [0.3, 0.4) is 0 Å². The van der Waals surface area contributed by atoms with E-state index in [4.69, 9.17) is 4.74 Å². The Morgan fingerprint density at radius 2 is 1.50 bits per heavy atom. The maximum atomic E-state index is 12.3. The van der Waals surface area contributed by atoms with E-state index in [1.807, 2.05) is 50.2 Å². The van der Waals surface area contributed by atoms with Crippen molar-refractivity contribution in [1.29, 1.82) is 0 Å². The highest BCUT2D eigenvalue weighted by Gasteiger charge is 2.18. The SMILES string of the molecule is CCC(C)(C)NC(=O)c1ccc(COc2ccc(C(C)(C)C)cc2)cc1. The molecule has 2 aromatic carbocycles. The third-order valence-corrected chi connectivity index (χ3v) is 4.68. The zero-order valence-corrected chi connectivity index (χ0v) is 16.8. The topological polar surface area (TPSA) is 38.3 Å². The molecule has 0 spiro atoms. The van der Waals surface area contributed by atoms with Gasteiger partial charge in [-0.05, 0) is 61.1 Å². The van der Waals surface area contributed by atoms with Crippen molar-refractivity contribution >= 4 is 5.91 Å². The number of ether oxygens (including phenoxy) is 1. The molecule has 0 radical (unpaired) electrons. The van der Waals surface area contributed by atoms with E-state index >= 15 is 0 Å². The summed E-state index contributed by atoms with van der Waals surface area (Å²) >= 11 is 0.